The first-order valence-electron chi connectivity index (χ1n) is 2.15. The lowest BCUT2D eigenvalue weighted by molar-refractivity contribution is -0.135. The maximum atomic E-state index is 9.83. The van der Waals surface area contributed by atoms with Crippen molar-refractivity contribution in [2.45, 2.75) is 13.8 Å². The molecule has 8 heavy (non-hydrogen) atoms. The van der Waals surface area contributed by atoms with Crippen LogP contribution in [0.15, 0.2) is 11.3 Å². The molecule has 3 nitrogen and oxygen atoms in total. The minimum absolute atomic E-state index is 0.414. The topological polar surface area (TPSA) is 57.5 Å². The van der Waals surface area contributed by atoms with E-state index in [4.69, 9.17) is 10.2 Å². The molecule has 0 atom stereocenters. The van der Waals surface area contributed by atoms with E-state index >= 15 is 0 Å². The van der Waals surface area contributed by atoms with E-state index in [1.807, 2.05) is 0 Å². The Morgan fingerprint density at radius 1 is 1.25 bits per heavy atom. The molecule has 3 heteroatoms. The Bertz CT molecular complexity index is 131. The van der Waals surface area contributed by atoms with Crippen LogP contribution in [0.5, 0.6) is 0 Å². The summed E-state index contributed by atoms with van der Waals surface area (Å²) < 4.78 is 0. The Morgan fingerprint density at radius 3 is 1.62 bits per heavy atom. The summed E-state index contributed by atoms with van der Waals surface area (Å²) in [5, 5.41) is 16.5. The van der Waals surface area contributed by atoms with E-state index in [0.29, 0.717) is 5.57 Å². The van der Waals surface area contributed by atoms with Gasteiger partial charge in [-0.25, -0.2) is 4.79 Å². The van der Waals surface area contributed by atoms with E-state index in [2.05, 4.69) is 0 Å². The minimum atomic E-state index is -1.27. The van der Waals surface area contributed by atoms with Crippen molar-refractivity contribution < 1.29 is 15.0 Å². The highest BCUT2D eigenvalue weighted by atomic mass is 16.4. The predicted octanol–water partition coefficient (Wildman–Crippen LogP) is 0.923. The molecule has 46 valence electrons. The van der Waals surface area contributed by atoms with Crippen molar-refractivity contribution in [3.05, 3.63) is 11.3 Å². The van der Waals surface area contributed by atoms with Crippen LogP contribution in [0.2, 0.25) is 0 Å². The number of allylic oxidation sites excluding steroid dienone is 1. The number of rotatable bonds is 1. The number of carbonyl (C=O) groups is 1. The fourth-order valence-corrected chi connectivity index (χ4v) is 0.214. The van der Waals surface area contributed by atoms with E-state index in [1.165, 1.54) is 13.8 Å². The molecule has 2 N–H and O–H groups in total. The number of aliphatic hydroxyl groups is 1. The van der Waals surface area contributed by atoms with Gasteiger partial charge in [0.1, 0.15) is 0 Å². The van der Waals surface area contributed by atoms with Gasteiger partial charge in [0.25, 0.3) is 0 Å². The molecule has 0 fully saturated rings. The van der Waals surface area contributed by atoms with Crippen LogP contribution in [-0.4, -0.2) is 16.2 Å². The molecular weight excluding hydrogens is 108 g/mol. The normalized spacial score (nSPS) is 8.25. The first-order chi connectivity index (χ1) is 3.55. The lowest BCUT2D eigenvalue weighted by atomic mass is 10.3. The molecule has 0 heterocycles. The SMILES string of the molecule is CC(C)=C(O)C(=O)O. The third kappa shape index (κ3) is 1.64. The molecule has 0 aromatic carbocycles. The second-order valence-electron chi connectivity index (χ2n) is 1.65. The first kappa shape index (κ1) is 7.01. The van der Waals surface area contributed by atoms with Crippen molar-refractivity contribution in [2.75, 3.05) is 0 Å². The van der Waals surface area contributed by atoms with Crippen molar-refractivity contribution in [3.8, 4) is 0 Å². The average Bonchev–Trinajstić information content (AvgIpc) is 1.64. The highest BCUT2D eigenvalue weighted by Crippen LogP contribution is 1.96. The number of hydrogen-bond acceptors (Lipinski definition) is 2. The zero-order valence-corrected chi connectivity index (χ0v) is 4.80. The summed E-state index contributed by atoms with van der Waals surface area (Å²) in [5.74, 6) is -1.84. The number of carboxylic acids is 1. The third-order valence-electron chi connectivity index (χ3n) is 0.676. The first-order valence-corrected chi connectivity index (χ1v) is 2.15. The summed E-state index contributed by atoms with van der Waals surface area (Å²) in [5.41, 5.74) is 0.414. The summed E-state index contributed by atoms with van der Waals surface area (Å²) in [6.45, 7) is 3.06. The number of aliphatic carboxylic acids is 1. The molecule has 0 radical (unpaired) electrons. The highest BCUT2D eigenvalue weighted by molar-refractivity contribution is 5.84. The highest BCUT2D eigenvalue weighted by Gasteiger charge is 2.03. The second kappa shape index (κ2) is 2.35. The minimum Gasteiger partial charge on any atom is -0.502 e. The number of hydrogen-bond donors (Lipinski definition) is 2. The van der Waals surface area contributed by atoms with E-state index in [9.17, 15) is 4.79 Å². The van der Waals surface area contributed by atoms with Gasteiger partial charge in [0.15, 0.2) is 5.76 Å². The van der Waals surface area contributed by atoms with Crippen molar-refractivity contribution in [2.24, 2.45) is 0 Å². The van der Waals surface area contributed by atoms with Crippen LogP contribution < -0.4 is 0 Å². The molecule has 0 rings (SSSR count). The fraction of sp³-hybridized carbons (Fsp3) is 0.400. The molecule has 0 aromatic rings. The Morgan fingerprint density at radius 2 is 1.62 bits per heavy atom. The zero-order chi connectivity index (χ0) is 6.73. The number of aliphatic hydroxyl groups excluding tert-OH is 1. The average molecular weight is 116 g/mol. The molecule has 0 bridgehead atoms. The van der Waals surface area contributed by atoms with E-state index in [1.54, 1.807) is 0 Å². The van der Waals surface area contributed by atoms with Gasteiger partial charge in [-0.15, -0.1) is 0 Å². The van der Waals surface area contributed by atoms with Crippen LogP contribution in [0.25, 0.3) is 0 Å². The molecule has 0 amide bonds. The lowest BCUT2D eigenvalue weighted by Gasteiger charge is -1.91. The summed E-state index contributed by atoms with van der Waals surface area (Å²) in [7, 11) is 0. The van der Waals surface area contributed by atoms with Gasteiger partial charge in [-0.1, -0.05) is 0 Å². The Hall–Kier alpha value is -0.990. The molecule has 0 spiro atoms. The number of carboxylic acid groups (broad SMARTS) is 1. The molecule has 0 aromatic heterocycles. The van der Waals surface area contributed by atoms with Gasteiger partial charge >= 0.3 is 5.97 Å². The zero-order valence-electron chi connectivity index (χ0n) is 4.80. The molecule has 0 aliphatic heterocycles. The summed E-state index contributed by atoms with van der Waals surface area (Å²) in [4.78, 5) is 9.83. The third-order valence-corrected chi connectivity index (χ3v) is 0.676. The molecular formula is C5H8O3. The Labute approximate surface area is 47.3 Å². The van der Waals surface area contributed by atoms with Gasteiger partial charge in [-0.2, -0.15) is 0 Å². The molecule has 0 unspecified atom stereocenters. The second-order valence-corrected chi connectivity index (χ2v) is 1.65. The van der Waals surface area contributed by atoms with Crippen molar-refractivity contribution >= 4 is 5.97 Å². The van der Waals surface area contributed by atoms with Crippen LogP contribution in [0.4, 0.5) is 0 Å². The van der Waals surface area contributed by atoms with Crippen molar-refractivity contribution in [1.82, 2.24) is 0 Å². The van der Waals surface area contributed by atoms with Gasteiger partial charge in [0.2, 0.25) is 0 Å². The largest absolute Gasteiger partial charge is 0.502 e. The van der Waals surface area contributed by atoms with E-state index < -0.39 is 11.7 Å². The van der Waals surface area contributed by atoms with Crippen LogP contribution in [-0.2, 0) is 4.79 Å². The maximum absolute atomic E-state index is 9.83. The predicted molar refractivity (Wildman–Crippen MR) is 28.6 cm³/mol. The van der Waals surface area contributed by atoms with Gasteiger partial charge in [-0.05, 0) is 19.4 Å². The lowest BCUT2D eigenvalue weighted by Crippen LogP contribution is -2.00. The monoisotopic (exact) mass is 116 g/mol. The standard InChI is InChI=1S/C5H8O3/c1-3(2)4(6)5(7)8/h6H,1-2H3,(H,7,8). The van der Waals surface area contributed by atoms with Gasteiger partial charge < -0.3 is 10.2 Å². The molecule has 0 aliphatic carbocycles. The van der Waals surface area contributed by atoms with Gasteiger partial charge in [0, 0.05) is 0 Å². The van der Waals surface area contributed by atoms with E-state index in [-0.39, 0.29) is 0 Å². The quantitative estimate of drug-likeness (QED) is 0.395. The van der Waals surface area contributed by atoms with Crippen LogP contribution in [0.1, 0.15) is 13.8 Å². The smallest absolute Gasteiger partial charge is 0.370 e. The van der Waals surface area contributed by atoms with Crippen LogP contribution in [0.3, 0.4) is 0 Å². The maximum Gasteiger partial charge on any atom is 0.370 e. The summed E-state index contributed by atoms with van der Waals surface area (Å²) >= 11 is 0. The summed E-state index contributed by atoms with van der Waals surface area (Å²) in [6.07, 6.45) is 0. The van der Waals surface area contributed by atoms with Crippen LogP contribution >= 0.6 is 0 Å². The Kier molecular flexibility index (Phi) is 2.06. The summed E-state index contributed by atoms with van der Waals surface area (Å²) in [6, 6.07) is 0. The van der Waals surface area contributed by atoms with Gasteiger partial charge in [0.05, 0.1) is 0 Å². The van der Waals surface area contributed by atoms with Crippen LogP contribution in [0, 0.1) is 0 Å². The van der Waals surface area contributed by atoms with Crippen molar-refractivity contribution in [1.29, 1.82) is 0 Å². The fourth-order valence-electron chi connectivity index (χ4n) is 0.214. The molecule has 0 saturated heterocycles. The van der Waals surface area contributed by atoms with Crippen molar-refractivity contribution in [3.63, 3.8) is 0 Å². The Balaban J connectivity index is 4.23. The van der Waals surface area contributed by atoms with E-state index in [0.717, 1.165) is 0 Å². The molecule has 0 saturated carbocycles. The van der Waals surface area contributed by atoms with Gasteiger partial charge in [-0.3, -0.25) is 0 Å². The molecule has 0 aliphatic rings.